The summed E-state index contributed by atoms with van der Waals surface area (Å²) in [5.74, 6) is 0.437. The molecule has 0 atom stereocenters. The van der Waals surface area contributed by atoms with Crippen LogP contribution in [0.2, 0.25) is 0 Å². The molecule has 0 radical (unpaired) electrons. The Hall–Kier alpha value is -3.61. The molecule has 0 aliphatic carbocycles. The molecular weight excluding hydrogens is 530 g/mol. The zero-order valence-electron chi connectivity index (χ0n) is 23.1. The first-order chi connectivity index (χ1) is 19.4. The van der Waals surface area contributed by atoms with Crippen LogP contribution in [-0.4, -0.2) is 81.7 Å². The van der Waals surface area contributed by atoms with Crippen LogP contribution < -0.4 is 10.3 Å². The Morgan fingerprint density at radius 1 is 1.00 bits per heavy atom. The number of aryl methyl sites for hydroxylation is 1. The molecule has 1 aromatic carbocycles. The van der Waals surface area contributed by atoms with E-state index in [0.717, 1.165) is 17.9 Å². The molecule has 0 bridgehead atoms. The normalized spacial score (nSPS) is 15.1. The number of aromatic nitrogens is 5. The van der Waals surface area contributed by atoms with Crippen molar-refractivity contribution in [2.24, 2.45) is 0 Å². The van der Waals surface area contributed by atoms with E-state index in [4.69, 9.17) is 9.72 Å². The maximum absolute atomic E-state index is 13.8. The highest BCUT2D eigenvalue weighted by molar-refractivity contribution is 7.89. The molecule has 4 aromatic rings. The van der Waals surface area contributed by atoms with E-state index >= 15 is 0 Å². The number of likely N-dealkylation sites (N-methyl/N-ethyl adjacent to an activating group) is 1. The van der Waals surface area contributed by atoms with Crippen molar-refractivity contribution in [3.05, 3.63) is 64.3 Å². The Bertz CT molecular complexity index is 1640. The lowest BCUT2D eigenvalue weighted by Crippen LogP contribution is -2.48. The molecule has 1 saturated heterocycles. The van der Waals surface area contributed by atoms with Crippen molar-refractivity contribution in [2.45, 2.75) is 45.1 Å². The SMILES string of the molecule is CCCOc1c(-c2nc3c(CC)n(Cc4ccccn4)nc3c(=O)[nH]2)cccc1S(=O)(=O)N1CCN(CC)CC1. The van der Waals surface area contributed by atoms with E-state index in [-0.39, 0.29) is 22.0 Å². The summed E-state index contributed by atoms with van der Waals surface area (Å²) in [5, 5.41) is 4.55. The number of rotatable bonds is 10. The van der Waals surface area contributed by atoms with Gasteiger partial charge in [0.15, 0.2) is 5.52 Å². The second-order valence-corrected chi connectivity index (χ2v) is 11.6. The Labute approximate surface area is 233 Å². The number of fused-ring (bicyclic) bond motifs is 1. The topological polar surface area (TPSA) is 126 Å². The van der Waals surface area contributed by atoms with Crippen molar-refractivity contribution in [1.29, 1.82) is 0 Å². The number of aromatic amines is 1. The van der Waals surface area contributed by atoms with Gasteiger partial charge in [0.1, 0.15) is 22.0 Å². The highest BCUT2D eigenvalue weighted by Gasteiger charge is 2.32. The lowest BCUT2D eigenvalue weighted by atomic mass is 10.1. The molecule has 212 valence electrons. The quantitative estimate of drug-likeness (QED) is 0.311. The molecule has 12 heteroatoms. The molecule has 0 spiro atoms. The Morgan fingerprint density at radius 2 is 1.80 bits per heavy atom. The van der Waals surface area contributed by atoms with Crippen LogP contribution in [0.3, 0.4) is 0 Å². The number of ether oxygens (including phenoxy) is 1. The number of piperazine rings is 1. The van der Waals surface area contributed by atoms with Crippen LogP contribution in [0.15, 0.2) is 52.3 Å². The number of sulfonamides is 1. The van der Waals surface area contributed by atoms with Crippen molar-refractivity contribution in [1.82, 2.24) is 33.9 Å². The zero-order chi connectivity index (χ0) is 28.3. The van der Waals surface area contributed by atoms with Crippen LogP contribution in [0.4, 0.5) is 0 Å². The Kier molecular flexibility index (Phi) is 8.29. The van der Waals surface area contributed by atoms with E-state index in [9.17, 15) is 13.2 Å². The molecule has 4 heterocycles. The predicted octanol–water partition coefficient (Wildman–Crippen LogP) is 2.91. The molecule has 5 rings (SSSR count). The number of para-hydroxylation sites is 1. The van der Waals surface area contributed by atoms with Crippen LogP contribution in [0, 0.1) is 0 Å². The fourth-order valence-electron chi connectivity index (χ4n) is 5.00. The molecule has 0 saturated carbocycles. The van der Waals surface area contributed by atoms with Gasteiger partial charge in [-0.05, 0) is 43.7 Å². The first-order valence-corrected chi connectivity index (χ1v) is 15.2. The minimum absolute atomic E-state index is 0.0766. The molecule has 3 aromatic heterocycles. The third-order valence-electron chi connectivity index (χ3n) is 7.15. The van der Waals surface area contributed by atoms with Crippen molar-refractivity contribution in [3.63, 3.8) is 0 Å². The van der Waals surface area contributed by atoms with Crippen molar-refractivity contribution < 1.29 is 13.2 Å². The zero-order valence-corrected chi connectivity index (χ0v) is 23.9. The lowest BCUT2D eigenvalue weighted by Gasteiger charge is -2.33. The van der Waals surface area contributed by atoms with Gasteiger partial charge in [-0.15, -0.1) is 0 Å². The molecule has 11 nitrogen and oxygen atoms in total. The van der Waals surface area contributed by atoms with Crippen LogP contribution in [0.5, 0.6) is 5.75 Å². The number of nitrogens with zero attached hydrogens (tertiary/aromatic N) is 6. The molecule has 1 aliphatic heterocycles. The average molecular weight is 566 g/mol. The number of hydrogen-bond acceptors (Lipinski definition) is 8. The predicted molar refractivity (Wildman–Crippen MR) is 153 cm³/mol. The minimum atomic E-state index is -3.84. The van der Waals surface area contributed by atoms with Crippen LogP contribution in [0.25, 0.3) is 22.4 Å². The molecule has 1 fully saturated rings. The highest BCUT2D eigenvalue weighted by atomic mass is 32.2. The van der Waals surface area contributed by atoms with Crippen LogP contribution in [0.1, 0.15) is 38.6 Å². The Morgan fingerprint density at radius 3 is 2.48 bits per heavy atom. The Balaban J connectivity index is 1.60. The van der Waals surface area contributed by atoms with Gasteiger partial charge < -0.3 is 14.6 Å². The number of H-pyrrole nitrogens is 1. The first kappa shape index (κ1) is 27.9. The van der Waals surface area contributed by atoms with E-state index in [1.165, 1.54) is 4.31 Å². The smallest absolute Gasteiger partial charge is 0.279 e. The van der Waals surface area contributed by atoms with E-state index in [0.29, 0.717) is 63.3 Å². The number of pyridine rings is 1. The fraction of sp³-hybridized carbons (Fsp3) is 0.429. The standard InChI is InChI=1S/C28H35N7O4S/c1-4-18-39-26-21(11-9-12-23(26)40(37,38)34-16-14-33(6-3)15-17-34)27-30-24-22(5-2)35(32-25(24)28(36)31-27)19-20-10-7-8-13-29-20/h7-13H,4-6,14-19H2,1-3H3,(H,30,31,36). The van der Waals surface area contributed by atoms with Gasteiger partial charge in [-0.25, -0.2) is 13.4 Å². The van der Waals surface area contributed by atoms with E-state index in [1.54, 1.807) is 29.1 Å². The van der Waals surface area contributed by atoms with Crippen molar-refractivity contribution in [3.8, 4) is 17.1 Å². The third-order valence-corrected chi connectivity index (χ3v) is 9.08. The number of benzene rings is 1. The van der Waals surface area contributed by atoms with E-state index < -0.39 is 15.6 Å². The van der Waals surface area contributed by atoms with Gasteiger partial charge in [-0.3, -0.25) is 14.5 Å². The van der Waals surface area contributed by atoms with Gasteiger partial charge in [0.25, 0.3) is 5.56 Å². The maximum Gasteiger partial charge on any atom is 0.279 e. The summed E-state index contributed by atoms with van der Waals surface area (Å²) in [6.07, 6.45) is 3.00. The summed E-state index contributed by atoms with van der Waals surface area (Å²) < 4.78 is 37.0. The van der Waals surface area contributed by atoms with Gasteiger partial charge in [-0.1, -0.05) is 32.9 Å². The molecular formula is C28H35N7O4S. The summed E-state index contributed by atoms with van der Waals surface area (Å²) in [4.78, 5) is 27.6. The minimum Gasteiger partial charge on any atom is -0.491 e. The van der Waals surface area contributed by atoms with Crippen LogP contribution >= 0.6 is 0 Å². The van der Waals surface area contributed by atoms with E-state index in [2.05, 4.69) is 26.9 Å². The van der Waals surface area contributed by atoms with Gasteiger partial charge >= 0.3 is 0 Å². The van der Waals surface area contributed by atoms with Gasteiger partial charge in [0, 0.05) is 32.4 Å². The molecule has 1 N–H and O–H groups in total. The van der Waals surface area contributed by atoms with Crippen molar-refractivity contribution >= 4 is 21.1 Å². The largest absolute Gasteiger partial charge is 0.491 e. The highest BCUT2D eigenvalue weighted by Crippen LogP contribution is 2.36. The van der Waals surface area contributed by atoms with E-state index in [1.807, 2.05) is 32.0 Å². The molecule has 0 amide bonds. The number of hydrogen-bond donors (Lipinski definition) is 1. The summed E-state index contributed by atoms with van der Waals surface area (Å²) >= 11 is 0. The second-order valence-electron chi connectivity index (χ2n) is 9.71. The fourth-order valence-corrected chi connectivity index (χ4v) is 6.58. The van der Waals surface area contributed by atoms with Crippen LogP contribution in [-0.2, 0) is 23.0 Å². The van der Waals surface area contributed by atoms with Crippen molar-refractivity contribution in [2.75, 3.05) is 39.3 Å². The molecule has 0 unspecified atom stereocenters. The lowest BCUT2D eigenvalue weighted by molar-refractivity contribution is 0.196. The maximum atomic E-state index is 13.8. The van der Waals surface area contributed by atoms with Gasteiger partial charge in [0.05, 0.1) is 30.1 Å². The monoisotopic (exact) mass is 565 g/mol. The van der Waals surface area contributed by atoms with Gasteiger partial charge in [-0.2, -0.15) is 9.40 Å². The average Bonchev–Trinajstić information content (AvgIpc) is 3.33. The first-order valence-electron chi connectivity index (χ1n) is 13.8. The molecule has 40 heavy (non-hydrogen) atoms. The summed E-state index contributed by atoms with van der Waals surface area (Å²) in [6.45, 7) is 9.77. The second kappa shape index (κ2) is 11.9. The molecule has 1 aliphatic rings. The summed E-state index contributed by atoms with van der Waals surface area (Å²) in [5.41, 5.74) is 2.32. The van der Waals surface area contributed by atoms with Gasteiger partial charge in [0.2, 0.25) is 10.0 Å². The summed E-state index contributed by atoms with van der Waals surface area (Å²) in [6, 6.07) is 10.6. The summed E-state index contributed by atoms with van der Waals surface area (Å²) in [7, 11) is -3.84. The third kappa shape index (κ3) is 5.38. The number of nitrogens with one attached hydrogen (secondary N) is 1.